The number of nitrogens with zero attached hydrogens (tertiary/aromatic N) is 1. The van der Waals surface area contributed by atoms with Crippen molar-refractivity contribution in [2.75, 3.05) is 0 Å². The van der Waals surface area contributed by atoms with Crippen LogP contribution in [0, 0.1) is 10.8 Å². The number of benzene rings is 1. The largest absolute Gasteiger partial charge is 0.294 e. The first-order valence-corrected chi connectivity index (χ1v) is 11.0. The van der Waals surface area contributed by atoms with Gasteiger partial charge >= 0.3 is 0 Å². The summed E-state index contributed by atoms with van der Waals surface area (Å²) in [6, 6.07) is 10.6. The molecule has 1 aromatic heterocycles. The second kappa shape index (κ2) is 6.68. The Labute approximate surface area is 175 Å². The van der Waals surface area contributed by atoms with Crippen LogP contribution in [0.4, 0.5) is 0 Å². The van der Waals surface area contributed by atoms with Crippen molar-refractivity contribution in [3.05, 3.63) is 64.0 Å². The third kappa shape index (κ3) is 3.29. The van der Waals surface area contributed by atoms with Crippen molar-refractivity contribution >= 4 is 5.78 Å². The van der Waals surface area contributed by atoms with Crippen LogP contribution in [0.1, 0.15) is 83.3 Å². The summed E-state index contributed by atoms with van der Waals surface area (Å²) in [5.41, 5.74) is 6.86. The summed E-state index contributed by atoms with van der Waals surface area (Å²) in [5, 5.41) is 8.19. The van der Waals surface area contributed by atoms with E-state index in [0.29, 0.717) is 12.2 Å². The molecule has 0 radical (unpaired) electrons. The number of H-pyrrole nitrogens is 1. The molecular formula is C26H34N2O. The third-order valence-electron chi connectivity index (χ3n) is 7.22. The number of ketones is 1. The smallest absolute Gasteiger partial charge is 0.160 e. The fourth-order valence-corrected chi connectivity index (χ4v) is 5.48. The first kappa shape index (κ1) is 20.1. The molecule has 2 aromatic rings. The lowest BCUT2D eigenvalue weighted by molar-refractivity contribution is -0.118. The summed E-state index contributed by atoms with van der Waals surface area (Å²) in [5.74, 6) is 0.315. The molecule has 0 saturated heterocycles. The molecule has 0 saturated carbocycles. The van der Waals surface area contributed by atoms with Crippen molar-refractivity contribution < 1.29 is 4.79 Å². The van der Waals surface area contributed by atoms with Gasteiger partial charge < -0.3 is 0 Å². The lowest BCUT2D eigenvalue weighted by Crippen LogP contribution is -2.41. The van der Waals surface area contributed by atoms with Crippen molar-refractivity contribution in [2.24, 2.45) is 10.8 Å². The first-order valence-electron chi connectivity index (χ1n) is 11.0. The quantitative estimate of drug-likeness (QED) is 0.702. The average molecular weight is 391 g/mol. The van der Waals surface area contributed by atoms with E-state index < -0.39 is 5.41 Å². The molecule has 0 amide bonds. The van der Waals surface area contributed by atoms with Gasteiger partial charge in [0.05, 0.1) is 5.69 Å². The molecule has 2 aliphatic rings. The highest BCUT2D eigenvalue weighted by molar-refractivity contribution is 6.01. The van der Waals surface area contributed by atoms with E-state index in [-0.39, 0.29) is 10.8 Å². The van der Waals surface area contributed by atoms with Gasteiger partial charge in [0.2, 0.25) is 0 Å². The molecule has 4 rings (SSSR count). The van der Waals surface area contributed by atoms with Gasteiger partial charge in [-0.1, -0.05) is 76.9 Å². The molecule has 29 heavy (non-hydrogen) atoms. The van der Waals surface area contributed by atoms with Gasteiger partial charge in [0.1, 0.15) is 0 Å². The van der Waals surface area contributed by atoms with Gasteiger partial charge in [0.15, 0.2) is 5.78 Å². The molecule has 0 bridgehead atoms. The van der Waals surface area contributed by atoms with Crippen LogP contribution < -0.4 is 0 Å². The molecule has 3 nitrogen and oxygen atoms in total. The number of carbonyl (C=O) groups excluding carboxylic acids is 1. The van der Waals surface area contributed by atoms with Gasteiger partial charge in [0.25, 0.3) is 0 Å². The minimum absolute atomic E-state index is 0.0259. The van der Waals surface area contributed by atoms with Crippen LogP contribution in [0.15, 0.2) is 41.5 Å². The van der Waals surface area contributed by atoms with Crippen LogP contribution in [0.25, 0.3) is 0 Å². The van der Waals surface area contributed by atoms with Crippen molar-refractivity contribution in [1.82, 2.24) is 10.2 Å². The van der Waals surface area contributed by atoms with Crippen molar-refractivity contribution in [2.45, 2.75) is 79.1 Å². The number of aromatic amines is 1. The maximum absolute atomic E-state index is 13.5. The van der Waals surface area contributed by atoms with E-state index in [1.54, 1.807) is 0 Å². The van der Waals surface area contributed by atoms with E-state index in [0.717, 1.165) is 37.0 Å². The fraction of sp³-hybridized carbons (Fsp3) is 0.538. The molecule has 1 atom stereocenters. The van der Waals surface area contributed by atoms with E-state index in [1.807, 2.05) is 6.07 Å². The van der Waals surface area contributed by atoms with Gasteiger partial charge in [-0.3, -0.25) is 9.89 Å². The van der Waals surface area contributed by atoms with Crippen LogP contribution in [-0.2, 0) is 23.1 Å². The Hall–Kier alpha value is -2.16. The Morgan fingerprint density at radius 3 is 2.45 bits per heavy atom. The summed E-state index contributed by atoms with van der Waals surface area (Å²) in [7, 11) is 0. The molecule has 2 aliphatic carbocycles. The number of Topliss-reactive ketones (excluding diaryl/α,β-unsaturated/α-hetero) is 1. The fourth-order valence-electron chi connectivity index (χ4n) is 5.48. The van der Waals surface area contributed by atoms with E-state index in [4.69, 9.17) is 5.10 Å². The summed E-state index contributed by atoms with van der Waals surface area (Å²) >= 11 is 0. The monoisotopic (exact) mass is 390 g/mol. The number of hydrogen-bond acceptors (Lipinski definition) is 2. The Balaban J connectivity index is 1.96. The Morgan fingerprint density at radius 1 is 1.10 bits per heavy atom. The normalized spacial score (nSPS) is 23.7. The van der Waals surface area contributed by atoms with E-state index in [2.05, 4.69) is 70.9 Å². The second-order valence-corrected chi connectivity index (χ2v) is 10.8. The molecule has 3 heteroatoms. The average Bonchev–Trinajstić information content (AvgIpc) is 3.03. The second-order valence-electron chi connectivity index (χ2n) is 10.8. The molecular weight excluding hydrogens is 356 g/mol. The zero-order valence-electron chi connectivity index (χ0n) is 18.8. The Kier molecular flexibility index (Phi) is 4.64. The van der Waals surface area contributed by atoms with E-state index in [9.17, 15) is 4.79 Å². The van der Waals surface area contributed by atoms with Crippen LogP contribution in [0.5, 0.6) is 0 Å². The topological polar surface area (TPSA) is 45.8 Å². The molecule has 0 aliphatic heterocycles. The third-order valence-corrected chi connectivity index (χ3v) is 7.22. The van der Waals surface area contributed by atoms with Crippen molar-refractivity contribution in [3.8, 4) is 0 Å². The van der Waals surface area contributed by atoms with E-state index >= 15 is 0 Å². The van der Waals surface area contributed by atoms with Gasteiger partial charge in [-0.15, -0.1) is 0 Å². The molecule has 0 fully saturated rings. The first-order chi connectivity index (χ1) is 13.6. The minimum Gasteiger partial charge on any atom is -0.294 e. The lowest BCUT2D eigenvalue weighted by atomic mass is 9.58. The van der Waals surface area contributed by atoms with Crippen molar-refractivity contribution in [3.63, 3.8) is 0 Å². The molecule has 1 N–H and O–H groups in total. The SMILES string of the molecule is CCC(C)(C)Cc1n[nH]c2c1[C@@](C)(c1ccccc1)C1=C(C2)CC(C)(C)CC1=O. The van der Waals surface area contributed by atoms with Crippen LogP contribution >= 0.6 is 0 Å². The molecule has 1 heterocycles. The highest BCUT2D eigenvalue weighted by atomic mass is 16.1. The summed E-state index contributed by atoms with van der Waals surface area (Å²) in [4.78, 5) is 13.5. The predicted octanol–water partition coefficient (Wildman–Crippen LogP) is 5.94. The Morgan fingerprint density at radius 2 is 1.79 bits per heavy atom. The van der Waals surface area contributed by atoms with Gasteiger partial charge in [-0.05, 0) is 36.2 Å². The number of rotatable bonds is 4. The van der Waals surface area contributed by atoms with Crippen LogP contribution in [0.2, 0.25) is 0 Å². The van der Waals surface area contributed by atoms with Gasteiger partial charge in [0, 0.05) is 35.1 Å². The number of fused-ring (bicyclic) bond motifs is 1. The predicted molar refractivity (Wildman–Crippen MR) is 118 cm³/mol. The number of aromatic nitrogens is 2. The number of nitrogens with one attached hydrogen (secondary N) is 1. The zero-order valence-corrected chi connectivity index (χ0v) is 18.8. The highest BCUT2D eigenvalue weighted by Crippen LogP contribution is 2.53. The Bertz CT molecular complexity index is 977. The number of hydrogen-bond donors (Lipinski definition) is 1. The molecule has 0 unspecified atom stereocenters. The van der Waals surface area contributed by atoms with Crippen LogP contribution in [-0.4, -0.2) is 16.0 Å². The zero-order chi connectivity index (χ0) is 21.0. The molecule has 0 spiro atoms. The maximum Gasteiger partial charge on any atom is 0.160 e. The van der Waals surface area contributed by atoms with Gasteiger partial charge in [-0.2, -0.15) is 5.10 Å². The molecule has 154 valence electrons. The van der Waals surface area contributed by atoms with Crippen molar-refractivity contribution in [1.29, 1.82) is 0 Å². The number of carbonyl (C=O) groups is 1. The summed E-state index contributed by atoms with van der Waals surface area (Å²) < 4.78 is 0. The number of allylic oxidation sites excluding steroid dienone is 2. The standard InChI is InChI=1S/C26H34N2O/c1-7-24(2,3)15-20-23-19(27-28-20)13-17-14-25(4,5)16-21(29)22(17)26(23,6)18-11-9-8-10-12-18/h8-12H,7,13-16H2,1-6H3,(H,27,28)/t26-/m0/s1. The molecule has 1 aromatic carbocycles. The summed E-state index contributed by atoms with van der Waals surface area (Å²) in [6.45, 7) is 13.5. The highest BCUT2D eigenvalue weighted by Gasteiger charge is 2.49. The summed E-state index contributed by atoms with van der Waals surface area (Å²) in [6.07, 6.45) is 4.43. The lowest BCUT2D eigenvalue weighted by Gasteiger charge is -2.44. The van der Waals surface area contributed by atoms with Gasteiger partial charge in [-0.25, -0.2) is 0 Å². The van der Waals surface area contributed by atoms with E-state index in [1.165, 1.54) is 22.4 Å². The maximum atomic E-state index is 13.5. The minimum atomic E-state index is -0.441. The van der Waals surface area contributed by atoms with Crippen LogP contribution in [0.3, 0.4) is 0 Å².